The molecule has 3 rings (SSSR count). The number of rotatable bonds is 1. The van der Waals surface area contributed by atoms with E-state index in [0.717, 1.165) is 5.56 Å². The molecule has 5 nitrogen and oxygen atoms in total. The fourth-order valence-electron chi connectivity index (χ4n) is 2.15. The molecule has 0 amide bonds. The number of hydrogen-bond acceptors (Lipinski definition) is 5. The van der Waals surface area contributed by atoms with Crippen molar-refractivity contribution in [3.05, 3.63) is 35.9 Å². The Hall–Kier alpha value is -0.980. The van der Waals surface area contributed by atoms with E-state index < -0.39 is 24.8 Å². The van der Waals surface area contributed by atoms with Crippen molar-refractivity contribution in [2.24, 2.45) is 0 Å². The first-order chi connectivity index (χ1) is 8.25. The summed E-state index contributed by atoms with van der Waals surface area (Å²) in [6, 6.07) is 9.49. The molecule has 0 spiro atoms. The topological polar surface area (TPSA) is 68.2 Å². The lowest BCUT2D eigenvalue weighted by atomic mass is 10.1. The normalized spacial score (nSPS) is 41.2. The van der Waals surface area contributed by atoms with Gasteiger partial charge in [0.05, 0.1) is 6.61 Å². The molecular weight excluding hydrogens is 224 g/mol. The van der Waals surface area contributed by atoms with E-state index in [-0.39, 0.29) is 12.7 Å². The van der Waals surface area contributed by atoms with E-state index in [1.807, 2.05) is 30.3 Å². The molecule has 0 radical (unpaired) electrons. The molecule has 0 bridgehead atoms. The zero-order valence-electron chi connectivity index (χ0n) is 9.10. The highest BCUT2D eigenvalue weighted by Gasteiger charge is 2.47. The molecule has 2 fully saturated rings. The minimum atomic E-state index is -1.20. The third kappa shape index (κ3) is 1.96. The minimum absolute atomic E-state index is 0.228. The predicted molar refractivity (Wildman–Crippen MR) is 56.9 cm³/mol. The van der Waals surface area contributed by atoms with Crippen LogP contribution < -0.4 is 0 Å². The summed E-state index contributed by atoms with van der Waals surface area (Å²) in [6.07, 6.45) is -3.64. The van der Waals surface area contributed by atoms with Crippen molar-refractivity contribution >= 4 is 0 Å². The SMILES string of the molecule is O[C@@H]1[C@H]2OC(c3ccccc3)O[C@H]2CO[C@@H]1O. The first-order valence-corrected chi connectivity index (χ1v) is 5.59. The van der Waals surface area contributed by atoms with Crippen molar-refractivity contribution < 1.29 is 24.4 Å². The van der Waals surface area contributed by atoms with Crippen molar-refractivity contribution in [2.75, 3.05) is 6.61 Å². The molecule has 0 saturated carbocycles. The molecule has 2 aliphatic heterocycles. The first-order valence-electron chi connectivity index (χ1n) is 5.59. The van der Waals surface area contributed by atoms with Crippen molar-refractivity contribution in [1.82, 2.24) is 0 Å². The van der Waals surface area contributed by atoms with Crippen LogP contribution in [0, 0.1) is 0 Å². The smallest absolute Gasteiger partial charge is 0.184 e. The van der Waals surface area contributed by atoms with Crippen molar-refractivity contribution in [2.45, 2.75) is 30.9 Å². The van der Waals surface area contributed by atoms with Crippen LogP contribution >= 0.6 is 0 Å². The third-order valence-electron chi connectivity index (χ3n) is 3.08. The summed E-state index contributed by atoms with van der Waals surface area (Å²) in [5.74, 6) is 0. The van der Waals surface area contributed by atoms with Crippen LogP contribution in [0.15, 0.2) is 30.3 Å². The van der Waals surface area contributed by atoms with Crippen LogP contribution in [0.2, 0.25) is 0 Å². The Kier molecular flexibility index (Phi) is 2.85. The van der Waals surface area contributed by atoms with Crippen LogP contribution in [0.4, 0.5) is 0 Å². The number of aliphatic hydroxyl groups excluding tert-OH is 2. The van der Waals surface area contributed by atoms with Crippen LogP contribution in [0.5, 0.6) is 0 Å². The van der Waals surface area contributed by atoms with Crippen LogP contribution in [0.1, 0.15) is 11.9 Å². The number of benzene rings is 1. The quantitative estimate of drug-likeness (QED) is 0.730. The first kappa shape index (κ1) is 11.1. The van der Waals surface area contributed by atoms with Gasteiger partial charge in [-0.05, 0) is 0 Å². The second-order valence-corrected chi connectivity index (χ2v) is 4.23. The van der Waals surface area contributed by atoms with Gasteiger partial charge in [0.1, 0.15) is 18.3 Å². The van der Waals surface area contributed by atoms with E-state index in [4.69, 9.17) is 14.2 Å². The molecule has 1 aromatic rings. The molecule has 92 valence electrons. The highest BCUT2D eigenvalue weighted by atomic mass is 16.8. The number of aliphatic hydroxyl groups is 2. The van der Waals surface area contributed by atoms with Crippen LogP contribution in [0.25, 0.3) is 0 Å². The van der Waals surface area contributed by atoms with Gasteiger partial charge >= 0.3 is 0 Å². The summed E-state index contributed by atoms with van der Waals surface area (Å²) in [5, 5.41) is 19.1. The highest BCUT2D eigenvalue weighted by molar-refractivity contribution is 5.17. The van der Waals surface area contributed by atoms with Gasteiger partial charge in [0.2, 0.25) is 0 Å². The van der Waals surface area contributed by atoms with Gasteiger partial charge in [-0.15, -0.1) is 0 Å². The number of fused-ring (bicyclic) bond motifs is 1. The van der Waals surface area contributed by atoms with Gasteiger partial charge in [-0.1, -0.05) is 30.3 Å². The molecule has 1 unspecified atom stereocenters. The van der Waals surface area contributed by atoms with Gasteiger partial charge in [-0.2, -0.15) is 0 Å². The molecule has 2 N–H and O–H groups in total. The van der Waals surface area contributed by atoms with Gasteiger partial charge in [0, 0.05) is 5.56 Å². The zero-order valence-corrected chi connectivity index (χ0v) is 9.10. The van der Waals surface area contributed by atoms with Gasteiger partial charge in [-0.25, -0.2) is 0 Å². The van der Waals surface area contributed by atoms with Gasteiger partial charge in [0.25, 0.3) is 0 Å². The largest absolute Gasteiger partial charge is 0.385 e. The summed E-state index contributed by atoms with van der Waals surface area (Å²) in [6.45, 7) is 0.228. The van der Waals surface area contributed by atoms with Crippen molar-refractivity contribution in [3.63, 3.8) is 0 Å². The summed E-state index contributed by atoms with van der Waals surface area (Å²) < 4.78 is 16.3. The Balaban J connectivity index is 1.77. The number of ether oxygens (including phenoxy) is 3. The average Bonchev–Trinajstić information content (AvgIpc) is 2.80. The van der Waals surface area contributed by atoms with Gasteiger partial charge in [-0.3, -0.25) is 0 Å². The van der Waals surface area contributed by atoms with E-state index in [1.54, 1.807) is 0 Å². The fourth-order valence-corrected chi connectivity index (χ4v) is 2.15. The van der Waals surface area contributed by atoms with Crippen molar-refractivity contribution in [1.29, 1.82) is 0 Å². The zero-order chi connectivity index (χ0) is 11.8. The molecule has 2 aliphatic rings. The Labute approximate surface area is 98.5 Å². The van der Waals surface area contributed by atoms with Crippen LogP contribution in [-0.4, -0.2) is 41.4 Å². The monoisotopic (exact) mass is 238 g/mol. The minimum Gasteiger partial charge on any atom is -0.385 e. The lowest BCUT2D eigenvalue weighted by Crippen LogP contribution is -2.51. The second-order valence-electron chi connectivity index (χ2n) is 4.23. The van der Waals surface area contributed by atoms with E-state index in [2.05, 4.69) is 0 Å². The molecular formula is C12H14O5. The lowest BCUT2D eigenvalue weighted by Gasteiger charge is -2.31. The Morgan fingerprint density at radius 3 is 2.59 bits per heavy atom. The second kappa shape index (κ2) is 4.36. The summed E-state index contributed by atoms with van der Waals surface area (Å²) >= 11 is 0. The lowest BCUT2D eigenvalue weighted by molar-refractivity contribution is -0.229. The van der Waals surface area contributed by atoms with E-state index in [1.165, 1.54) is 0 Å². The van der Waals surface area contributed by atoms with Gasteiger partial charge in [0.15, 0.2) is 12.6 Å². The molecule has 17 heavy (non-hydrogen) atoms. The van der Waals surface area contributed by atoms with Crippen LogP contribution in [0.3, 0.4) is 0 Å². The Morgan fingerprint density at radius 2 is 1.82 bits per heavy atom. The molecule has 0 aromatic heterocycles. The Morgan fingerprint density at radius 1 is 1.06 bits per heavy atom. The van der Waals surface area contributed by atoms with E-state index >= 15 is 0 Å². The maximum absolute atomic E-state index is 9.73. The molecule has 2 saturated heterocycles. The Bertz CT molecular complexity index is 382. The standard InChI is InChI=1S/C12H14O5/c13-9-10-8(6-15-11(9)14)16-12(17-10)7-4-2-1-3-5-7/h1-5,8-14H,6H2/t8-,9+,10-,11-,12?/m0/s1. The highest BCUT2D eigenvalue weighted by Crippen LogP contribution is 2.35. The molecule has 5 heteroatoms. The number of hydrogen-bond donors (Lipinski definition) is 2. The summed E-state index contributed by atoms with van der Waals surface area (Å²) in [4.78, 5) is 0. The molecule has 0 aliphatic carbocycles. The van der Waals surface area contributed by atoms with E-state index in [0.29, 0.717) is 0 Å². The maximum atomic E-state index is 9.73. The molecule has 1 aromatic carbocycles. The van der Waals surface area contributed by atoms with Crippen LogP contribution in [-0.2, 0) is 14.2 Å². The maximum Gasteiger partial charge on any atom is 0.184 e. The summed E-state index contributed by atoms with van der Waals surface area (Å²) in [7, 11) is 0. The summed E-state index contributed by atoms with van der Waals surface area (Å²) in [5.41, 5.74) is 0.892. The third-order valence-corrected chi connectivity index (χ3v) is 3.08. The molecule has 2 heterocycles. The molecule has 5 atom stereocenters. The fraction of sp³-hybridized carbons (Fsp3) is 0.500. The predicted octanol–water partition coefficient (Wildman–Crippen LogP) is 0.179. The van der Waals surface area contributed by atoms with E-state index in [9.17, 15) is 10.2 Å². The van der Waals surface area contributed by atoms with Crippen molar-refractivity contribution in [3.8, 4) is 0 Å². The average molecular weight is 238 g/mol. The van der Waals surface area contributed by atoms with Gasteiger partial charge < -0.3 is 24.4 Å².